The molecule has 37 heavy (non-hydrogen) atoms. The minimum absolute atomic E-state index is 0.000446. The van der Waals surface area contributed by atoms with Crippen LogP contribution < -0.4 is 0 Å². The van der Waals surface area contributed by atoms with Crippen LogP contribution in [0.15, 0.2) is 71.4 Å². The number of amides is 1. The topological polar surface area (TPSA) is 43.8 Å². The molecular weight excluding hydrogens is 523 g/mol. The average Bonchev–Trinajstić information content (AvgIpc) is 3.58. The highest BCUT2D eigenvalue weighted by atomic mass is 35.5. The molecule has 2 aliphatic heterocycles. The predicted octanol–water partition coefficient (Wildman–Crippen LogP) is 6.84. The van der Waals surface area contributed by atoms with E-state index < -0.39 is 5.60 Å². The molecule has 1 aromatic heterocycles. The van der Waals surface area contributed by atoms with E-state index in [0.29, 0.717) is 47.0 Å². The van der Waals surface area contributed by atoms with Crippen LogP contribution in [0.2, 0.25) is 10.0 Å². The summed E-state index contributed by atoms with van der Waals surface area (Å²) in [6.45, 7) is 4.05. The first-order chi connectivity index (χ1) is 17.9. The first-order valence-corrected chi connectivity index (χ1v) is 14.5. The molecule has 3 aromatic rings. The fourth-order valence-corrected chi connectivity index (χ4v) is 6.59. The Kier molecular flexibility index (Phi) is 8.37. The smallest absolute Gasteiger partial charge is 0.253 e. The molecule has 5 rings (SSSR count). The van der Waals surface area contributed by atoms with Crippen LogP contribution in [-0.2, 0) is 0 Å². The Hall–Kier alpha value is -2.15. The van der Waals surface area contributed by atoms with Crippen LogP contribution in [0.1, 0.15) is 46.7 Å². The van der Waals surface area contributed by atoms with E-state index in [1.165, 1.54) is 5.56 Å². The zero-order chi connectivity index (χ0) is 25.8. The summed E-state index contributed by atoms with van der Waals surface area (Å²) in [5.41, 5.74) is 2.38. The Balaban J connectivity index is 1.21. The summed E-state index contributed by atoms with van der Waals surface area (Å²) in [6, 6.07) is 17.5. The second-order valence-corrected chi connectivity index (χ2v) is 11.9. The number of piperidine rings is 1. The van der Waals surface area contributed by atoms with Crippen molar-refractivity contribution in [3.8, 4) is 0 Å². The summed E-state index contributed by atoms with van der Waals surface area (Å²) in [7, 11) is 0. The van der Waals surface area contributed by atoms with Gasteiger partial charge in [-0.2, -0.15) is 11.3 Å². The van der Waals surface area contributed by atoms with Gasteiger partial charge in [-0.25, -0.2) is 0 Å². The zero-order valence-electron chi connectivity index (χ0n) is 20.7. The molecule has 3 heterocycles. The van der Waals surface area contributed by atoms with Gasteiger partial charge in [-0.1, -0.05) is 65.7 Å². The van der Waals surface area contributed by atoms with E-state index in [0.717, 1.165) is 38.0 Å². The van der Waals surface area contributed by atoms with Gasteiger partial charge in [0.25, 0.3) is 5.91 Å². The Labute approximate surface area is 233 Å². The number of carbonyl (C=O) groups excluding carboxylic acids is 1. The third-order valence-electron chi connectivity index (χ3n) is 7.75. The van der Waals surface area contributed by atoms with Gasteiger partial charge in [0.1, 0.15) is 0 Å². The lowest BCUT2D eigenvalue weighted by atomic mass is 9.86. The van der Waals surface area contributed by atoms with Crippen molar-refractivity contribution in [3.05, 3.63) is 98.2 Å². The molecule has 1 N–H and O–H groups in total. The molecule has 2 atom stereocenters. The van der Waals surface area contributed by atoms with Gasteiger partial charge in [0.2, 0.25) is 0 Å². The summed E-state index contributed by atoms with van der Waals surface area (Å²) in [5.74, 6) is 0.637. The zero-order valence-corrected chi connectivity index (χ0v) is 23.1. The highest BCUT2D eigenvalue weighted by Crippen LogP contribution is 2.37. The summed E-state index contributed by atoms with van der Waals surface area (Å²) in [4.78, 5) is 17.7. The number of halogens is 2. The molecule has 4 nitrogen and oxygen atoms in total. The van der Waals surface area contributed by atoms with Crippen LogP contribution >= 0.6 is 34.5 Å². The number of rotatable bonds is 7. The van der Waals surface area contributed by atoms with Gasteiger partial charge in [0, 0.05) is 44.2 Å². The first kappa shape index (κ1) is 26.5. The predicted molar refractivity (Wildman–Crippen MR) is 154 cm³/mol. The average molecular weight is 556 g/mol. The third-order valence-corrected chi connectivity index (χ3v) is 9.19. The standard InChI is InChI=1S/C30H32Cl2N2O2S/c31-27-9-8-23(17-28(27)32)29(35)34-19-25(26(20-34)24-10-16-37-21-24)18-33-14-12-30(36,13-15-33)11-4-7-22-5-2-1-3-6-22/h1-10,16-17,21,25-26,36H,11-15,18-20H2/b7-4+. The molecule has 0 aliphatic carbocycles. The Morgan fingerprint density at radius 1 is 1.05 bits per heavy atom. The number of benzene rings is 2. The molecule has 2 aliphatic rings. The maximum Gasteiger partial charge on any atom is 0.253 e. The van der Waals surface area contributed by atoms with Crippen LogP contribution in [0, 0.1) is 5.92 Å². The molecule has 2 fully saturated rings. The summed E-state index contributed by atoms with van der Waals surface area (Å²) < 4.78 is 0. The maximum atomic E-state index is 13.3. The SMILES string of the molecule is O=C(c1ccc(Cl)c(Cl)c1)N1CC(CN2CCC(O)(C/C=C/c3ccccc3)CC2)C(c2ccsc2)C1. The number of nitrogens with zero attached hydrogens (tertiary/aromatic N) is 2. The maximum absolute atomic E-state index is 13.3. The number of hydrogen-bond acceptors (Lipinski definition) is 4. The van der Waals surface area contributed by atoms with E-state index >= 15 is 0 Å². The van der Waals surface area contributed by atoms with Gasteiger partial charge in [-0.3, -0.25) is 4.79 Å². The second kappa shape index (κ2) is 11.7. The molecule has 2 saturated heterocycles. The van der Waals surface area contributed by atoms with E-state index in [4.69, 9.17) is 23.2 Å². The third kappa shape index (κ3) is 6.47. The number of thiophene rings is 1. The highest BCUT2D eigenvalue weighted by molar-refractivity contribution is 7.08. The number of carbonyl (C=O) groups is 1. The number of hydrogen-bond donors (Lipinski definition) is 1. The quantitative estimate of drug-likeness (QED) is 0.347. The second-order valence-electron chi connectivity index (χ2n) is 10.3. The van der Waals surface area contributed by atoms with Gasteiger partial charge < -0.3 is 14.9 Å². The molecule has 0 radical (unpaired) electrons. The van der Waals surface area contributed by atoms with E-state index in [1.54, 1.807) is 29.5 Å². The van der Waals surface area contributed by atoms with E-state index in [1.807, 2.05) is 23.1 Å². The number of likely N-dealkylation sites (tertiary alicyclic amines) is 2. The van der Waals surface area contributed by atoms with Gasteiger partial charge in [-0.05, 0) is 71.3 Å². The lowest BCUT2D eigenvalue weighted by Crippen LogP contribution is -2.46. The van der Waals surface area contributed by atoms with Gasteiger partial charge in [0.15, 0.2) is 0 Å². The lowest BCUT2D eigenvalue weighted by Gasteiger charge is -2.39. The molecule has 0 bridgehead atoms. The fourth-order valence-electron chi connectivity index (χ4n) is 5.56. The van der Waals surface area contributed by atoms with Crippen molar-refractivity contribution in [3.63, 3.8) is 0 Å². The van der Waals surface area contributed by atoms with Gasteiger partial charge in [-0.15, -0.1) is 0 Å². The van der Waals surface area contributed by atoms with Crippen molar-refractivity contribution < 1.29 is 9.90 Å². The summed E-state index contributed by atoms with van der Waals surface area (Å²) in [5, 5.41) is 16.3. The molecular formula is C30H32Cl2N2O2S. The van der Waals surface area contributed by atoms with E-state index in [2.05, 4.69) is 46.0 Å². The van der Waals surface area contributed by atoms with E-state index in [9.17, 15) is 9.90 Å². The molecule has 2 aromatic carbocycles. The van der Waals surface area contributed by atoms with Crippen LogP contribution in [0.4, 0.5) is 0 Å². The minimum atomic E-state index is -0.653. The fraction of sp³-hybridized carbons (Fsp3) is 0.367. The molecule has 0 spiro atoms. The van der Waals surface area contributed by atoms with Crippen molar-refractivity contribution in [2.45, 2.75) is 30.8 Å². The van der Waals surface area contributed by atoms with Crippen LogP contribution in [0.5, 0.6) is 0 Å². The molecule has 1 amide bonds. The van der Waals surface area contributed by atoms with Gasteiger partial charge >= 0.3 is 0 Å². The number of aliphatic hydroxyl groups is 1. The monoisotopic (exact) mass is 554 g/mol. The highest BCUT2D eigenvalue weighted by Gasteiger charge is 2.39. The Morgan fingerprint density at radius 2 is 1.84 bits per heavy atom. The minimum Gasteiger partial charge on any atom is -0.389 e. The normalized spacial score (nSPS) is 22.1. The molecule has 7 heteroatoms. The summed E-state index contributed by atoms with van der Waals surface area (Å²) in [6.07, 6.45) is 6.37. The molecule has 0 saturated carbocycles. The van der Waals surface area contributed by atoms with Crippen molar-refractivity contribution in [1.82, 2.24) is 9.80 Å². The lowest BCUT2D eigenvalue weighted by molar-refractivity contribution is -0.0214. The van der Waals surface area contributed by atoms with Crippen molar-refractivity contribution in [2.24, 2.45) is 5.92 Å². The first-order valence-electron chi connectivity index (χ1n) is 12.8. The van der Waals surface area contributed by atoms with Crippen molar-refractivity contribution in [1.29, 1.82) is 0 Å². The van der Waals surface area contributed by atoms with Crippen molar-refractivity contribution in [2.75, 3.05) is 32.7 Å². The largest absolute Gasteiger partial charge is 0.389 e. The summed E-state index contributed by atoms with van der Waals surface area (Å²) >= 11 is 13.9. The van der Waals surface area contributed by atoms with E-state index in [-0.39, 0.29) is 5.91 Å². The van der Waals surface area contributed by atoms with Gasteiger partial charge in [0.05, 0.1) is 15.6 Å². The van der Waals surface area contributed by atoms with Crippen LogP contribution in [0.25, 0.3) is 6.08 Å². The molecule has 2 unspecified atom stereocenters. The van der Waals surface area contributed by atoms with Crippen LogP contribution in [-0.4, -0.2) is 59.1 Å². The van der Waals surface area contributed by atoms with Crippen molar-refractivity contribution >= 4 is 46.5 Å². The Morgan fingerprint density at radius 3 is 2.54 bits per heavy atom. The Bertz CT molecular complexity index is 1220. The van der Waals surface area contributed by atoms with Crippen LogP contribution in [0.3, 0.4) is 0 Å². The molecule has 194 valence electrons.